The predicted molar refractivity (Wildman–Crippen MR) is 76.8 cm³/mol. The van der Waals surface area contributed by atoms with Crippen molar-refractivity contribution in [3.05, 3.63) is 42.6 Å². The fraction of sp³-hybridized carbons (Fsp3) is 0.400. The van der Waals surface area contributed by atoms with Gasteiger partial charge in [0, 0.05) is 23.9 Å². The molecule has 20 heavy (non-hydrogen) atoms. The van der Waals surface area contributed by atoms with Crippen molar-refractivity contribution in [2.45, 2.75) is 31.8 Å². The molecule has 0 bridgehead atoms. The summed E-state index contributed by atoms with van der Waals surface area (Å²) in [6.45, 7) is 2.71. The summed E-state index contributed by atoms with van der Waals surface area (Å²) < 4.78 is 5.76. The van der Waals surface area contributed by atoms with Crippen molar-refractivity contribution in [2.24, 2.45) is 0 Å². The quantitative estimate of drug-likeness (QED) is 0.874. The lowest BCUT2D eigenvalue weighted by atomic mass is 10.3. The minimum absolute atomic E-state index is 0.0403. The van der Waals surface area contributed by atoms with Crippen LogP contribution < -0.4 is 10.1 Å². The number of pyridine rings is 1. The van der Waals surface area contributed by atoms with Crippen molar-refractivity contribution in [2.75, 3.05) is 11.9 Å². The van der Waals surface area contributed by atoms with E-state index in [0.29, 0.717) is 12.5 Å². The number of nitrogens with zero attached hydrogens (tertiary/aromatic N) is 3. The topological polar surface area (TPSA) is 59.9 Å². The van der Waals surface area contributed by atoms with Crippen molar-refractivity contribution < 1.29 is 4.74 Å². The number of nitrogens with one attached hydrogen (secondary N) is 1. The molecule has 5 heteroatoms. The summed E-state index contributed by atoms with van der Waals surface area (Å²) in [5, 5.41) is 3.29. The third kappa shape index (κ3) is 3.44. The van der Waals surface area contributed by atoms with Gasteiger partial charge in [-0.05, 0) is 31.9 Å². The van der Waals surface area contributed by atoms with E-state index in [1.54, 1.807) is 18.7 Å². The molecule has 5 nitrogen and oxygen atoms in total. The number of ether oxygens (including phenoxy) is 1. The smallest absolute Gasteiger partial charge is 0.138 e. The first kappa shape index (κ1) is 12.8. The average Bonchev–Trinajstić information content (AvgIpc) is 3.31. The van der Waals surface area contributed by atoms with E-state index in [1.807, 2.05) is 25.1 Å². The number of anilines is 1. The van der Waals surface area contributed by atoms with E-state index in [9.17, 15) is 0 Å². The van der Waals surface area contributed by atoms with E-state index in [4.69, 9.17) is 4.74 Å². The zero-order chi connectivity index (χ0) is 13.8. The second-order valence-corrected chi connectivity index (χ2v) is 5.10. The van der Waals surface area contributed by atoms with Gasteiger partial charge in [0.1, 0.15) is 24.0 Å². The van der Waals surface area contributed by atoms with Crippen molar-refractivity contribution in [1.82, 2.24) is 15.0 Å². The monoisotopic (exact) mass is 270 g/mol. The van der Waals surface area contributed by atoms with E-state index >= 15 is 0 Å². The normalized spacial score (nSPS) is 15.7. The molecule has 0 aliphatic heterocycles. The molecule has 3 rings (SSSR count). The molecule has 0 unspecified atom stereocenters. The summed E-state index contributed by atoms with van der Waals surface area (Å²) >= 11 is 0. The standard InChI is InChI=1S/C15H18N4O/c1-11(20-13-3-2-6-16-9-13)8-17-15-7-14(12-4-5-12)18-10-19-15/h2-3,6-7,9-12H,4-5,8H2,1H3,(H,17,18,19)/t11-/m1/s1. The molecule has 104 valence electrons. The van der Waals surface area contributed by atoms with Crippen LogP contribution in [0, 0.1) is 0 Å². The lowest BCUT2D eigenvalue weighted by Crippen LogP contribution is -2.23. The first-order valence-electron chi connectivity index (χ1n) is 6.94. The lowest BCUT2D eigenvalue weighted by Gasteiger charge is -2.15. The van der Waals surface area contributed by atoms with Crippen molar-refractivity contribution in [3.63, 3.8) is 0 Å². The van der Waals surface area contributed by atoms with Crippen LogP contribution >= 0.6 is 0 Å². The van der Waals surface area contributed by atoms with E-state index in [1.165, 1.54) is 12.8 Å². The predicted octanol–water partition coefficient (Wildman–Crippen LogP) is 2.63. The molecule has 1 atom stereocenters. The van der Waals surface area contributed by atoms with Crippen LogP contribution in [0.4, 0.5) is 5.82 Å². The molecule has 2 heterocycles. The second kappa shape index (κ2) is 5.86. The van der Waals surface area contributed by atoms with Crippen LogP contribution in [0.15, 0.2) is 36.9 Å². The highest BCUT2D eigenvalue weighted by Crippen LogP contribution is 2.39. The number of hydrogen-bond donors (Lipinski definition) is 1. The van der Waals surface area contributed by atoms with Gasteiger partial charge < -0.3 is 10.1 Å². The Balaban J connectivity index is 1.52. The van der Waals surface area contributed by atoms with Gasteiger partial charge in [0.05, 0.1) is 12.7 Å². The fourth-order valence-corrected chi connectivity index (χ4v) is 2.01. The summed E-state index contributed by atoms with van der Waals surface area (Å²) in [6.07, 6.45) is 7.61. The maximum absolute atomic E-state index is 5.76. The molecule has 2 aromatic heterocycles. The van der Waals surface area contributed by atoms with E-state index in [-0.39, 0.29) is 6.10 Å². The first-order chi connectivity index (χ1) is 9.81. The summed E-state index contributed by atoms with van der Waals surface area (Å²) in [5.74, 6) is 2.29. The average molecular weight is 270 g/mol. The van der Waals surface area contributed by atoms with Crippen LogP contribution in [0.3, 0.4) is 0 Å². The molecule has 1 aliphatic rings. The van der Waals surface area contributed by atoms with Crippen molar-refractivity contribution >= 4 is 5.82 Å². The Morgan fingerprint density at radius 2 is 2.30 bits per heavy atom. The van der Waals surface area contributed by atoms with Crippen LogP contribution in [0.2, 0.25) is 0 Å². The Morgan fingerprint density at radius 3 is 3.05 bits per heavy atom. The highest BCUT2D eigenvalue weighted by molar-refractivity contribution is 5.37. The zero-order valence-corrected chi connectivity index (χ0v) is 11.5. The highest BCUT2D eigenvalue weighted by atomic mass is 16.5. The SMILES string of the molecule is C[C@H](CNc1cc(C2CC2)ncn1)Oc1cccnc1. The van der Waals surface area contributed by atoms with E-state index in [2.05, 4.69) is 20.3 Å². The molecule has 1 N–H and O–H groups in total. The van der Waals surface area contributed by atoms with Crippen LogP contribution in [-0.4, -0.2) is 27.6 Å². The van der Waals surface area contributed by atoms with Crippen LogP contribution in [0.1, 0.15) is 31.4 Å². The Kier molecular flexibility index (Phi) is 3.76. The van der Waals surface area contributed by atoms with Gasteiger partial charge in [-0.25, -0.2) is 9.97 Å². The van der Waals surface area contributed by atoms with Crippen LogP contribution in [-0.2, 0) is 0 Å². The van der Waals surface area contributed by atoms with Gasteiger partial charge in [-0.3, -0.25) is 4.98 Å². The summed E-state index contributed by atoms with van der Waals surface area (Å²) in [7, 11) is 0. The van der Waals surface area contributed by atoms with Gasteiger partial charge in [0.2, 0.25) is 0 Å². The van der Waals surface area contributed by atoms with Crippen LogP contribution in [0.5, 0.6) is 5.75 Å². The number of hydrogen-bond acceptors (Lipinski definition) is 5. The molecule has 0 radical (unpaired) electrons. The van der Waals surface area contributed by atoms with Gasteiger partial charge in [-0.1, -0.05) is 0 Å². The minimum Gasteiger partial charge on any atom is -0.487 e. The van der Waals surface area contributed by atoms with Crippen molar-refractivity contribution in [3.8, 4) is 5.75 Å². The molecule has 0 aromatic carbocycles. The summed E-state index contributed by atoms with van der Waals surface area (Å²) in [4.78, 5) is 12.6. The first-order valence-corrected chi connectivity index (χ1v) is 6.94. The third-order valence-electron chi connectivity index (χ3n) is 3.23. The molecule has 2 aromatic rings. The molecule has 1 aliphatic carbocycles. The Hall–Kier alpha value is -2.17. The third-order valence-corrected chi connectivity index (χ3v) is 3.23. The van der Waals surface area contributed by atoms with Gasteiger partial charge in [-0.15, -0.1) is 0 Å². The summed E-state index contributed by atoms with van der Waals surface area (Å²) in [6, 6.07) is 5.80. The molecule has 1 fully saturated rings. The Labute approximate surface area is 118 Å². The van der Waals surface area contributed by atoms with Gasteiger partial charge in [0.15, 0.2) is 0 Å². The molecule has 0 saturated heterocycles. The maximum Gasteiger partial charge on any atom is 0.138 e. The number of rotatable bonds is 6. The zero-order valence-electron chi connectivity index (χ0n) is 11.5. The largest absolute Gasteiger partial charge is 0.487 e. The fourth-order valence-electron chi connectivity index (χ4n) is 2.01. The second-order valence-electron chi connectivity index (χ2n) is 5.10. The number of aromatic nitrogens is 3. The Bertz CT molecular complexity index is 557. The van der Waals surface area contributed by atoms with E-state index in [0.717, 1.165) is 17.3 Å². The van der Waals surface area contributed by atoms with E-state index < -0.39 is 0 Å². The lowest BCUT2D eigenvalue weighted by molar-refractivity contribution is 0.234. The van der Waals surface area contributed by atoms with Gasteiger partial charge in [-0.2, -0.15) is 0 Å². The maximum atomic E-state index is 5.76. The highest BCUT2D eigenvalue weighted by Gasteiger charge is 2.25. The molecule has 0 spiro atoms. The van der Waals surface area contributed by atoms with Crippen molar-refractivity contribution in [1.29, 1.82) is 0 Å². The molecular weight excluding hydrogens is 252 g/mol. The molecular formula is C15H18N4O. The molecule has 0 amide bonds. The Morgan fingerprint density at radius 1 is 1.40 bits per heavy atom. The van der Waals surface area contributed by atoms with Gasteiger partial charge >= 0.3 is 0 Å². The molecule has 1 saturated carbocycles. The summed E-state index contributed by atoms with van der Waals surface area (Å²) in [5.41, 5.74) is 1.14. The van der Waals surface area contributed by atoms with Gasteiger partial charge in [0.25, 0.3) is 0 Å². The minimum atomic E-state index is 0.0403. The van der Waals surface area contributed by atoms with Crippen LogP contribution in [0.25, 0.3) is 0 Å².